The van der Waals surface area contributed by atoms with E-state index in [0.717, 1.165) is 29.2 Å². The van der Waals surface area contributed by atoms with Crippen LogP contribution >= 0.6 is 11.8 Å². The highest BCUT2D eigenvalue weighted by Gasteiger charge is 2.14. The number of aliphatic hydroxyl groups excluding tert-OH is 1. The molecule has 0 aliphatic rings. The van der Waals surface area contributed by atoms with Gasteiger partial charge in [-0.05, 0) is 24.3 Å². The van der Waals surface area contributed by atoms with Crippen LogP contribution in [0.3, 0.4) is 0 Å². The highest BCUT2D eigenvalue weighted by Crippen LogP contribution is 2.18. The van der Waals surface area contributed by atoms with Crippen LogP contribution in [0.15, 0.2) is 24.3 Å². The molecule has 0 aliphatic heterocycles. The molecule has 0 aliphatic carbocycles. The Morgan fingerprint density at radius 1 is 1.32 bits per heavy atom. The van der Waals surface area contributed by atoms with Gasteiger partial charge in [0, 0.05) is 18.7 Å². The average molecular weight is 278 g/mol. The lowest BCUT2D eigenvalue weighted by Crippen LogP contribution is -2.18. The van der Waals surface area contributed by atoms with Gasteiger partial charge in [-0.25, -0.2) is 4.98 Å². The number of rotatable bonds is 6. The van der Waals surface area contributed by atoms with Crippen molar-refractivity contribution in [2.24, 2.45) is 0 Å². The third-order valence-corrected chi connectivity index (χ3v) is 4.33. The second-order valence-corrected chi connectivity index (χ2v) is 6.61. The lowest BCUT2D eigenvalue weighted by molar-refractivity contribution is 0.196. The first-order valence-electron chi connectivity index (χ1n) is 6.85. The van der Waals surface area contributed by atoms with Gasteiger partial charge in [-0.2, -0.15) is 11.8 Å². The smallest absolute Gasteiger partial charge is 0.112 e. The Morgan fingerprint density at radius 3 is 2.74 bits per heavy atom. The van der Waals surface area contributed by atoms with Crippen LogP contribution in [-0.4, -0.2) is 31.8 Å². The van der Waals surface area contributed by atoms with Crippen LogP contribution < -0.4 is 0 Å². The zero-order valence-electron chi connectivity index (χ0n) is 11.8. The summed E-state index contributed by atoms with van der Waals surface area (Å²) in [5.41, 5.74) is 2.17. The first-order valence-corrected chi connectivity index (χ1v) is 7.90. The molecule has 1 heterocycles. The first kappa shape index (κ1) is 14.4. The van der Waals surface area contributed by atoms with Gasteiger partial charge in [0.15, 0.2) is 0 Å². The molecule has 1 unspecified atom stereocenters. The maximum absolute atomic E-state index is 10.1. The van der Waals surface area contributed by atoms with E-state index in [1.807, 2.05) is 18.2 Å². The van der Waals surface area contributed by atoms with Gasteiger partial charge in [-0.3, -0.25) is 0 Å². The average Bonchev–Trinajstić information content (AvgIpc) is 2.73. The molecule has 0 saturated carbocycles. The van der Waals surface area contributed by atoms with Gasteiger partial charge in [0.2, 0.25) is 0 Å². The molecule has 4 heteroatoms. The van der Waals surface area contributed by atoms with Crippen LogP contribution in [0.1, 0.15) is 26.6 Å². The topological polar surface area (TPSA) is 38.0 Å². The molecule has 0 fully saturated rings. The second-order valence-electron chi connectivity index (χ2n) is 5.00. The quantitative estimate of drug-likeness (QED) is 0.882. The van der Waals surface area contributed by atoms with Crippen molar-refractivity contribution in [2.75, 3.05) is 5.75 Å². The van der Waals surface area contributed by atoms with E-state index in [9.17, 15) is 5.11 Å². The normalized spacial score (nSPS) is 13.3. The molecule has 1 aromatic carbocycles. The summed E-state index contributed by atoms with van der Waals surface area (Å²) in [5, 5.41) is 10.7. The molecule has 0 saturated heterocycles. The number of aryl methyl sites for hydroxylation is 1. The van der Waals surface area contributed by atoms with Gasteiger partial charge in [0.05, 0.1) is 17.1 Å². The Labute approximate surface area is 119 Å². The molecule has 0 amide bonds. The number of nitrogens with zero attached hydrogens (tertiary/aromatic N) is 2. The molecule has 2 aromatic rings. The largest absolute Gasteiger partial charge is 0.392 e. The first-order chi connectivity index (χ1) is 9.11. The molecule has 0 spiro atoms. The molecule has 2 rings (SSSR count). The van der Waals surface area contributed by atoms with Crippen LogP contribution in [0.25, 0.3) is 11.0 Å². The van der Waals surface area contributed by atoms with E-state index >= 15 is 0 Å². The van der Waals surface area contributed by atoms with Crippen molar-refractivity contribution in [2.45, 2.75) is 45.1 Å². The maximum atomic E-state index is 10.1. The minimum absolute atomic E-state index is 0.325. The Morgan fingerprint density at radius 2 is 2.05 bits per heavy atom. The summed E-state index contributed by atoms with van der Waals surface area (Å²) in [4.78, 5) is 4.64. The predicted molar refractivity (Wildman–Crippen MR) is 82.7 cm³/mol. The Bertz CT molecular complexity index is 536. The molecule has 3 nitrogen and oxygen atoms in total. The second kappa shape index (κ2) is 6.44. The molecule has 0 radical (unpaired) electrons. The third-order valence-electron chi connectivity index (χ3n) is 3.09. The number of imidazole rings is 1. The van der Waals surface area contributed by atoms with E-state index in [-0.39, 0.29) is 6.10 Å². The number of thioether (sulfide) groups is 1. The Kier molecular flexibility index (Phi) is 4.88. The number of hydrogen-bond acceptors (Lipinski definition) is 3. The van der Waals surface area contributed by atoms with Crippen molar-refractivity contribution >= 4 is 22.8 Å². The minimum Gasteiger partial charge on any atom is -0.392 e. The van der Waals surface area contributed by atoms with E-state index in [1.54, 1.807) is 11.8 Å². The molecule has 19 heavy (non-hydrogen) atoms. The van der Waals surface area contributed by atoms with E-state index in [1.165, 1.54) is 0 Å². The number of fused-ring (bicyclic) bond motifs is 1. The van der Waals surface area contributed by atoms with Gasteiger partial charge >= 0.3 is 0 Å². The fourth-order valence-corrected chi connectivity index (χ4v) is 2.93. The maximum Gasteiger partial charge on any atom is 0.112 e. The predicted octanol–water partition coefficient (Wildman–Crippen LogP) is 3.10. The fourth-order valence-electron chi connectivity index (χ4n) is 2.21. The van der Waals surface area contributed by atoms with Crippen LogP contribution in [0.2, 0.25) is 0 Å². The van der Waals surface area contributed by atoms with Crippen LogP contribution in [0.5, 0.6) is 0 Å². The van der Waals surface area contributed by atoms with Gasteiger partial charge in [0.25, 0.3) is 0 Å². The van der Waals surface area contributed by atoms with Gasteiger partial charge in [-0.1, -0.05) is 26.0 Å². The molecule has 104 valence electrons. The van der Waals surface area contributed by atoms with E-state index in [2.05, 4.69) is 36.4 Å². The summed E-state index contributed by atoms with van der Waals surface area (Å²) in [6, 6.07) is 8.15. The highest BCUT2D eigenvalue weighted by molar-refractivity contribution is 7.99. The van der Waals surface area contributed by atoms with Crippen molar-refractivity contribution in [1.29, 1.82) is 0 Å². The van der Waals surface area contributed by atoms with E-state index < -0.39 is 0 Å². The number of aromatic nitrogens is 2. The summed E-state index contributed by atoms with van der Waals surface area (Å²) >= 11 is 1.79. The minimum atomic E-state index is -0.325. The molecule has 1 N–H and O–H groups in total. The number of para-hydroxylation sites is 2. The lowest BCUT2D eigenvalue weighted by Gasteiger charge is -2.12. The number of benzene rings is 1. The zero-order valence-corrected chi connectivity index (χ0v) is 12.7. The summed E-state index contributed by atoms with van der Waals surface area (Å²) in [6.45, 7) is 7.31. The standard InChI is InChI=1S/C15H22N2OS/c1-4-17-14-8-6-5-7-13(14)16-15(17)9-12(18)10-19-11(2)3/h5-8,11-12,18H,4,9-10H2,1-3H3. The summed E-state index contributed by atoms with van der Waals surface area (Å²) < 4.78 is 2.19. The molecule has 1 atom stereocenters. The van der Waals surface area contributed by atoms with E-state index in [0.29, 0.717) is 11.7 Å². The summed E-state index contributed by atoms with van der Waals surface area (Å²) in [7, 11) is 0. The van der Waals surface area contributed by atoms with Crippen LogP contribution in [0, 0.1) is 0 Å². The van der Waals surface area contributed by atoms with Crippen LogP contribution in [0.4, 0.5) is 0 Å². The van der Waals surface area contributed by atoms with Gasteiger partial charge in [0.1, 0.15) is 5.82 Å². The number of aliphatic hydroxyl groups is 1. The van der Waals surface area contributed by atoms with Gasteiger partial charge in [-0.15, -0.1) is 0 Å². The SMILES string of the molecule is CCn1c(CC(O)CSC(C)C)nc2ccccc21. The van der Waals surface area contributed by atoms with Crippen LogP contribution in [-0.2, 0) is 13.0 Å². The van der Waals surface area contributed by atoms with E-state index in [4.69, 9.17) is 0 Å². The summed E-state index contributed by atoms with van der Waals surface area (Å²) in [5.74, 6) is 1.76. The van der Waals surface area contributed by atoms with Crippen molar-refractivity contribution < 1.29 is 5.11 Å². The third kappa shape index (κ3) is 3.51. The lowest BCUT2D eigenvalue weighted by atomic mass is 10.2. The zero-order chi connectivity index (χ0) is 13.8. The molecule has 1 aromatic heterocycles. The fraction of sp³-hybridized carbons (Fsp3) is 0.533. The monoisotopic (exact) mass is 278 g/mol. The highest BCUT2D eigenvalue weighted by atomic mass is 32.2. The van der Waals surface area contributed by atoms with Crippen molar-refractivity contribution in [3.63, 3.8) is 0 Å². The molecular weight excluding hydrogens is 256 g/mol. The van der Waals surface area contributed by atoms with Gasteiger partial charge < -0.3 is 9.67 Å². The summed E-state index contributed by atoms with van der Waals surface area (Å²) in [6.07, 6.45) is 0.303. The Balaban J connectivity index is 2.15. The van der Waals surface area contributed by atoms with Crippen molar-refractivity contribution in [1.82, 2.24) is 9.55 Å². The number of hydrogen-bond donors (Lipinski definition) is 1. The molecular formula is C15H22N2OS. The van der Waals surface area contributed by atoms with Crippen molar-refractivity contribution in [3.8, 4) is 0 Å². The Hall–Kier alpha value is -1.00. The van der Waals surface area contributed by atoms with Crippen molar-refractivity contribution in [3.05, 3.63) is 30.1 Å². The molecule has 0 bridgehead atoms.